The number of rotatable bonds is 4. The molecule has 4 rings (SSSR count). The number of amides is 1. The van der Waals surface area contributed by atoms with Gasteiger partial charge in [-0.15, -0.1) is 10.2 Å². The molecule has 7 heteroatoms. The number of carbonyl (C=O) groups excluding carboxylic acids is 1. The third kappa shape index (κ3) is 3.98. The van der Waals surface area contributed by atoms with Crippen LogP contribution in [0.4, 0.5) is 5.82 Å². The molecule has 27 heavy (non-hydrogen) atoms. The second kappa shape index (κ2) is 8.08. The molecule has 1 amide bonds. The molecule has 2 fully saturated rings. The Kier molecular flexibility index (Phi) is 5.38. The van der Waals surface area contributed by atoms with Gasteiger partial charge in [0.25, 0.3) is 0 Å². The van der Waals surface area contributed by atoms with Crippen molar-refractivity contribution in [1.29, 1.82) is 0 Å². The van der Waals surface area contributed by atoms with Crippen molar-refractivity contribution in [3.8, 4) is 11.5 Å². The van der Waals surface area contributed by atoms with Crippen LogP contribution in [0.5, 0.6) is 0 Å². The highest BCUT2D eigenvalue weighted by Gasteiger charge is 2.31. The summed E-state index contributed by atoms with van der Waals surface area (Å²) >= 11 is 0. The van der Waals surface area contributed by atoms with Gasteiger partial charge < -0.3 is 19.1 Å². The molecule has 0 N–H and O–H groups in total. The number of nitrogens with zero attached hydrogens (tertiary/aromatic N) is 5. The maximum atomic E-state index is 13.0. The molecule has 2 aliphatic heterocycles. The van der Waals surface area contributed by atoms with Crippen LogP contribution < -0.4 is 4.90 Å². The zero-order chi connectivity index (χ0) is 18.6. The number of carbonyl (C=O) groups is 1. The van der Waals surface area contributed by atoms with Gasteiger partial charge in [0.1, 0.15) is 5.69 Å². The molecule has 1 atom stereocenters. The van der Waals surface area contributed by atoms with Crippen molar-refractivity contribution in [2.45, 2.75) is 19.8 Å². The van der Waals surface area contributed by atoms with E-state index in [1.807, 2.05) is 29.2 Å². The quantitative estimate of drug-likeness (QED) is 0.822. The van der Waals surface area contributed by atoms with Gasteiger partial charge in [0, 0.05) is 39.3 Å². The number of piperazine rings is 1. The van der Waals surface area contributed by atoms with Crippen LogP contribution in [0.25, 0.3) is 11.5 Å². The first-order valence-corrected chi connectivity index (χ1v) is 9.88. The van der Waals surface area contributed by atoms with Crippen molar-refractivity contribution in [3.63, 3.8) is 0 Å². The molecule has 0 bridgehead atoms. The standard InChI is InChI=1S/C20H27N5O2/c1-2-23-10-12-24(13-11-23)20(26)16-5-3-9-25(15-16)19-8-7-17(21-22-19)18-6-4-14-27-18/h4,6-8,14,16H,2-3,5,9-13,15H2,1H3. The van der Waals surface area contributed by atoms with Crippen molar-refractivity contribution in [2.75, 3.05) is 50.7 Å². The highest BCUT2D eigenvalue weighted by molar-refractivity contribution is 5.80. The highest BCUT2D eigenvalue weighted by atomic mass is 16.3. The summed E-state index contributed by atoms with van der Waals surface area (Å²) in [4.78, 5) is 19.6. The predicted octanol–water partition coefficient (Wildman–Crippen LogP) is 2.12. The van der Waals surface area contributed by atoms with E-state index in [9.17, 15) is 4.79 Å². The van der Waals surface area contributed by atoms with Gasteiger partial charge in [0.05, 0.1) is 12.2 Å². The van der Waals surface area contributed by atoms with Crippen LogP contribution in [0.2, 0.25) is 0 Å². The fourth-order valence-electron chi connectivity index (χ4n) is 3.98. The van der Waals surface area contributed by atoms with Gasteiger partial charge in [-0.3, -0.25) is 4.79 Å². The summed E-state index contributed by atoms with van der Waals surface area (Å²) in [5.41, 5.74) is 0.724. The Morgan fingerprint density at radius 3 is 2.67 bits per heavy atom. The van der Waals surface area contributed by atoms with Gasteiger partial charge >= 0.3 is 0 Å². The van der Waals surface area contributed by atoms with Crippen molar-refractivity contribution in [1.82, 2.24) is 20.0 Å². The lowest BCUT2D eigenvalue weighted by molar-refractivity contribution is -0.137. The fraction of sp³-hybridized carbons (Fsp3) is 0.550. The van der Waals surface area contributed by atoms with E-state index in [2.05, 4.69) is 26.9 Å². The summed E-state index contributed by atoms with van der Waals surface area (Å²) < 4.78 is 5.37. The molecule has 0 saturated carbocycles. The van der Waals surface area contributed by atoms with E-state index >= 15 is 0 Å². The average Bonchev–Trinajstić information content (AvgIpc) is 3.28. The highest BCUT2D eigenvalue weighted by Crippen LogP contribution is 2.25. The predicted molar refractivity (Wildman–Crippen MR) is 103 cm³/mol. The first-order chi connectivity index (χ1) is 13.2. The summed E-state index contributed by atoms with van der Waals surface area (Å²) in [6.45, 7) is 8.54. The van der Waals surface area contributed by atoms with E-state index in [0.29, 0.717) is 11.7 Å². The van der Waals surface area contributed by atoms with Gasteiger partial charge in [-0.1, -0.05) is 6.92 Å². The molecule has 0 aromatic carbocycles. The molecule has 0 spiro atoms. The fourth-order valence-corrected chi connectivity index (χ4v) is 3.98. The molecule has 4 heterocycles. The molecule has 1 unspecified atom stereocenters. The number of likely N-dealkylation sites (N-methyl/N-ethyl adjacent to an activating group) is 1. The average molecular weight is 369 g/mol. The lowest BCUT2D eigenvalue weighted by atomic mass is 9.96. The van der Waals surface area contributed by atoms with E-state index in [1.54, 1.807) is 6.26 Å². The Morgan fingerprint density at radius 2 is 2.00 bits per heavy atom. The van der Waals surface area contributed by atoms with Gasteiger partial charge in [-0.25, -0.2) is 0 Å². The molecule has 7 nitrogen and oxygen atoms in total. The third-order valence-electron chi connectivity index (χ3n) is 5.65. The van der Waals surface area contributed by atoms with Crippen LogP contribution in [-0.4, -0.2) is 71.7 Å². The Morgan fingerprint density at radius 1 is 1.15 bits per heavy atom. The maximum absolute atomic E-state index is 13.0. The van der Waals surface area contributed by atoms with Gasteiger partial charge in [0.15, 0.2) is 11.6 Å². The van der Waals surface area contributed by atoms with E-state index in [0.717, 1.165) is 70.2 Å². The third-order valence-corrected chi connectivity index (χ3v) is 5.65. The number of furan rings is 1. The van der Waals surface area contributed by atoms with Crippen molar-refractivity contribution in [2.24, 2.45) is 5.92 Å². The van der Waals surface area contributed by atoms with Crippen LogP contribution in [0.3, 0.4) is 0 Å². The molecular formula is C20H27N5O2. The lowest BCUT2D eigenvalue weighted by Crippen LogP contribution is -2.52. The molecular weight excluding hydrogens is 342 g/mol. The summed E-state index contributed by atoms with van der Waals surface area (Å²) in [7, 11) is 0. The summed E-state index contributed by atoms with van der Waals surface area (Å²) in [5, 5.41) is 8.66. The number of anilines is 1. The van der Waals surface area contributed by atoms with E-state index < -0.39 is 0 Å². The molecule has 2 aromatic heterocycles. The van der Waals surface area contributed by atoms with Gasteiger partial charge in [-0.05, 0) is 43.7 Å². The Labute approximate surface area is 159 Å². The second-order valence-electron chi connectivity index (χ2n) is 7.30. The summed E-state index contributed by atoms with van der Waals surface area (Å²) in [6.07, 6.45) is 3.60. The number of piperidine rings is 1. The zero-order valence-corrected chi connectivity index (χ0v) is 15.9. The topological polar surface area (TPSA) is 65.7 Å². The molecule has 2 saturated heterocycles. The molecule has 144 valence electrons. The van der Waals surface area contributed by atoms with E-state index in [-0.39, 0.29) is 5.92 Å². The first-order valence-electron chi connectivity index (χ1n) is 9.88. The summed E-state index contributed by atoms with van der Waals surface area (Å²) in [5.74, 6) is 1.90. The number of aromatic nitrogens is 2. The van der Waals surface area contributed by atoms with Crippen LogP contribution in [0.1, 0.15) is 19.8 Å². The largest absolute Gasteiger partial charge is 0.463 e. The van der Waals surface area contributed by atoms with Crippen LogP contribution in [0.15, 0.2) is 34.9 Å². The monoisotopic (exact) mass is 369 g/mol. The van der Waals surface area contributed by atoms with Crippen LogP contribution in [-0.2, 0) is 4.79 Å². The number of hydrogen-bond acceptors (Lipinski definition) is 6. The Balaban J connectivity index is 1.38. The van der Waals surface area contributed by atoms with Crippen molar-refractivity contribution >= 4 is 11.7 Å². The number of hydrogen-bond donors (Lipinski definition) is 0. The lowest BCUT2D eigenvalue weighted by Gasteiger charge is -2.39. The zero-order valence-electron chi connectivity index (χ0n) is 15.9. The van der Waals surface area contributed by atoms with Gasteiger partial charge in [0.2, 0.25) is 5.91 Å². The normalized spacial score (nSPS) is 21.4. The molecule has 0 radical (unpaired) electrons. The molecule has 0 aliphatic carbocycles. The van der Waals surface area contributed by atoms with Gasteiger partial charge in [-0.2, -0.15) is 0 Å². The van der Waals surface area contributed by atoms with Crippen LogP contribution >= 0.6 is 0 Å². The van der Waals surface area contributed by atoms with Crippen molar-refractivity contribution in [3.05, 3.63) is 30.5 Å². The Hall–Kier alpha value is -2.41. The maximum Gasteiger partial charge on any atom is 0.227 e. The SMILES string of the molecule is CCN1CCN(C(=O)C2CCCN(c3ccc(-c4ccco4)nn3)C2)CC1. The van der Waals surface area contributed by atoms with Crippen molar-refractivity contribution < 1.29 is 9.21 Å². The first kappa shape index (κ1) is 18.0. The van der Waals surface area contributed by atoms with E-state index in [1.165, 1.54) is 0 Å². The summed E-state index contributed by atoms with van der Waals surface area (Å²) in [6, 6.07) is 7.61. The van der Waals surface area contributed by atoms with E-state index in [4.69, 9.17) is 4.42 Å². The Bertz CT molecular complexity index is 738. The second-order valence-corrected chi connectivity index (χ2v) is 7.30. The smallest absolute Gasteiger partial charge is 0.227 e. The molecule has 2 aromatic rings. The minimum atomic E-state index is 0.0541. The van der Waals surface area contributed by atoms with Crippen LogP contribution in [0, 0.1) is 5.92 Å². The minimum Gasteiger partial charge on any atom is -0.463 e. The minimum absolute atomic E-state index is 0.0541. The molecule has 2 aliphatic rings.